The van der Waals surface area contributed by atoms with Gasteiger partial charge in [-0.05, 0) is 69.5 Å². The number of amides is 2. The van der Waals surface area contributed by atoms with E-state index in [0.29, 0.717) is 43.5 Å². The molecule has 0 unspecified atom stereocenters. The molecule has 4 aromatic rings. The van der Waals surface area contributed by atoms with Crippen LogP contribution in [-0.4, -0.2) is 69.3 Å². The van der Waals surface area contributed by atoms with Crippen molar-refractivity contribution in [2.45, 2.75) is 58.0 Å². The molecule has 1 fully saturated rings. The molecule has 1 N–H and O–H groups in total. The van der Waals surface area contributed by atoms with Crippen LogP contribution in [0.5, 0.6) is 5.75 Å². The van der Waals surface area contributed by atoms with Gasteiger partial charge in [-0.25, -0.2) is 4.79 Å². The fourth-order valence-electron chi connectivity index (χ4n) is 4.88. The Kier molecular flexibility index (Phi) is 8.52. The largest absolute Gasteiger partial charge is 0.522 e. The highest BCUT2D eigenvalue weighted by atomic mass is 16.6. The molecular weight excluding hydrogens is 534 g/mol. The average molecular weight is 571 g/mol. The molecule has 0 bridgehead atoms. The molecule has 0 radical (unpaired) electrons. The minimum Gasteiger partial charge on any atom is -0.497 e. The first kappa shape index (κ1) is 28.8. The first-order valence-electron chi connectivity index (χ1n) is 14.2. The van der Waals surface area contributed by atoms with Crippen molar-refractivity contribution >= 4 is 35.0 Å². The third-order valence-electron chi connectivity index (χ3n) is 7.01. The first-order valence-corrected chi connectivity index (χ1v) is 14.2. The van der Waals surface area contributed by atoms with Gasteiger partial charge in [0, 0.05) is 37.5 Å². The second-order valence-electron chi connectivity index (χ2n) is 11.3. The number of nitrogens with one attached hydrogen (secondary N) is 1. The van der Waals surface area contributed by atoms with Crippen molar-refractivity contribution in [1.82, 2.24) is 29.8 Å². The Morgan fingerprint density at radius 2 is 1.90 bits per heavy atom. The summed E-state index contributed by atoms with van der Waals surface area (Å²) in [5, 5.41) is 8.37. The van der Waals surface area contributed by atoms with E-state index in [-0.39, 0.29) is 12.0 Å². The molecule has 11 heteroatoms. The van der Waals surface area contributed by atoms with Crippen molar-refractivity contribution in [1.29, 1.82) is 0 Å². The lowest BCUT2D eigenvalue weighted by molar-refractivity contribution is -0.109. The second kappa shape index (κ2) is 12.4. The number of fused-ring (bicyclic) bond motifs is 3. The highest BCUT2D eigenvalue weighted by molar-refractivity contribution is 5.96. The quantitative estimate of drug-likeness (QED) is 0.207. The average Bonchev–Trinajstić information content (AvgIpc) is 3.38. The van der Waals surface area contributed by atoms with Gasteiger partial charge in [-0.2, -0.15) is 9.83 Å². The summed E-state index contributed by atoms with van der Waals surface area (Å²) in [5.41, 5.74) is 2.76. The van der Waals surface area contributed by atoms with Gasteiger partial charge < -0.3 is 19.7 Å². The van der Waals surface area contributed by atoms with Crippen LogP contribution in [0, 0.1) is 6.07 Å². The van der Waals surface area contributed by atoms with E-state index < -0.39 is 5.60 Å². The molecular formula is C31H36N7O4+. The van der Waals surface area contributed by atoms with Gasteiger partial charge in [0.2, 0.25) is 12.1 Å². The van der Waals surface area contributed by atoms with E-state index in [9.17, 15) is 9.59 Å². The Bertz CT molecular complexity index is 1640. The number of nitrogens with zero attached hydrogens (tertiary/aromatic N) is 6. The molecule has 2 amide bonds. The van der Waals surface area contributed by atoms with E-state index in [1.807, 2.05) is 57.2 Å². The number of unbranched alkanes of at least 4 members (excludes halogenated alkanes) is 3. The van der Waals surface area contributed by atoms with E-state index in [1.165, 1.54) is 0 Å². The third-order valence-corrected chi connectivity index (χ3v) is 7.01. The van der Waals surface area contributed by atoms with Gasteiger partial charge in [-0.15, -0.1) is 0 Å². The molecule has 5 rings (SSSR count). The second-order valence-corrected chi connectivity index (χ2v) is 11.3. The van der Waals surface area contributed by atoms with Gasteiger partial charge in [0.1, 0.15) is 17.4 Å². The molecule has 11 nitrogen and oxygen atoms in total. The minimum absolute atomic E-state index is 0.113. The molecule has 0 aliphatic carbocycles. The van der Waals surface area contributed by atoms with Crippen LogP contribution in [0.4, 0.5) is 10.7 Å². The van der Waals surface area contributed by atoms with Crippen molar-refractivity contribution in [3.05, 3.63) is 52.9 Å². The normalized spacial score (nSPS) is 13.4. The summed E-state index contributed by atoms with van der Waals surface area (Å²) in [4.78, 5) is 39.1. The van der Waals surface area contributed by atoms with Crippen molar-refractivity contribution in [3.63, 3.8) is 0 Å². The molecule has 1 saturated heterocycles. The Balaban J connectivity index is 1.48. The zero-order valence-corrected chi connectivity index (χ0v) is 24.5. The molecule has 2 aromatic carbocycles. The SMILES string of the molecule is COc1ccc(-c2nc3c4c(C5CN(C(=O)OC(C)(C)C)C5)cccc4nc([N+]#CCCCCCNC=O)n3n2)cc1. The predicted octanol–water partition coefficient (Wildman–Crippen LogP) is 5.56. The fraction of sp³-hybridized carbons (Fsp3) is 0.419. The summed E-state index contributed by atoms with van der Waals surface area (Å²) in [7, 11) is 1.63. The first-order chi connectivity index (χ1) is 20.3. The Labute approximate surface area is 244 Å². The molecule has 218 valence electrons. The predicted molar refractivity (Wildman–Crippen MR) is 160 cm³/mol. The number of ether oxygens (including phenoxy) is 2. The van der Waals surface area contributed by atoms with Gasteiger partial charge in [-0.1, -0.05) is 33.2 Å². The van der Waals surface area contributed by atoms with E-state index in [4.69, 9.17) is 24.5 Å². The van der Waals surface area contributed by atoms with Gasteiger partial charge in [0.05, 0.1) is 12.5 Å². The van der Waals surface area contributed by atoms with Crippen LogP contribution in [-0.2, 0) is 9.53 Å². The smallest absolute Gasteiger partial charge is 0.497 e. The maximum atomic E-state index is 12.6. The number of aromatic nitrogens is 4. The third kappa shape index (κ3) is 6.43. The molecule has 42 heavy (non-hydrogen) atoms. The van der Waals surface area contributed by atoms with Gasteiger partial charge in [0.15, 0.2) is 11.3 Å². The summed E-state index contributed by atoms with van der Waals surface area (Å²) in [6.07, 6.45) is 3.83. The Morgan fingerprint density at radius 1 is 1.12 bits per heavy atom. The van der Waals surface area contributed by atoms with Crippen LogP contribution in [0.25, 0.3) is 32.8 Å². The van der Waals surface area contributed by atoms with Crippen LogP contribution in [0.2, 0.25) is 0 Å². The summed E-state index contributed by atoms with van der Waals surface area (Å²) >= 11 is 0. The van der Waals surface area contributed by atoms with Crippen molar-refractivity contribution in [2.24, 2.45) is 0 Å². The van der Waals surface area contributed by atoms with Gasteiger partial charge >= 0.3 is 12.0 Å². The number of carbonyl (C=O) groups is 2. The Morgan fingerprint density at radius 3 is 2.62 bits per heavy atom. The molecule has 0 spiro atoms. The van der Waals surface area contributed by atoms with Crippen molar-refractivity contribution < 1.29 is 19.1 Å². The number of benzene rings is 2. The highest BCUT2D eigenvalue weighted by Crippen LogP contribution is 2.36. The molecule has 3 heterocycles. The number of rotatable bonds is 9. The van der Waals surface area contributed by atoms with E-state index in [1.54, 1.807) is 16.5 Å². The zero-order valence-electron chi connectivity index (χ0n) is 24.5. The lowest BCUT2D eigenvalue weighted by atomic mass is 9.89. The Hall–Kier alpha value is -4.72. The summed E-state index contributed by atoms with van der Waals surface area (Å²) < 4.78 is 12.5. The van der Waals surface area contributed by atoms with Crippen LogP contribution in [0.3, 0.4) is 0 Å². The number of hydrogen-bond donors (Lipinski definition) is 1. The van der Waals surface area contributed by atoms with Crippen LogP contribution < -0.4 is 10.1 Å². The molecule has 0 saturated carbocycles. The number of hydrogen-bond acceptors (Lipinski definition) is 7. The standard InChI is InChI=1S/C31H35N7O4/c1-31(2,3)42-30(40)37-18-22(19-37)24-10-9-11-25-26(24)28-35-27(21-12-14-23(41-4)15-13-21)36-38(28)29(34-25)33-17-8-6-5-7-16-32-20-39/h9-15,20,22H,5-8,16,18-19H2,1-4H3/p+1. The van der Waals surface area contributed by atoms with E-state index in [0.717, 1.165) is 53.5 Å². The highest BCUT2D eigenvalue weighted by Gasteiger charge is 2.37. The molecule has 1 aliphatic heterocycles. The minimum atomic E-state index is -0.543. The maximum Gasteiger partial charge on any atom is 0.522 e. The topological polar surface area (TPSA) is 115 Å². The van der Waals surface area contributed by atoms with E-state index in [2.05, 4.69) is 22.3 Å². The van der Waals surface area contributed by atoms with Crippen LogP contribution in [0.15, 0.2) is 42.5 Å². The number of methoxy groups -OCH3 is 1. The van der Waals surface area contributed by atoms with Crippen molar-refractivity contribution in [2.75, 3.05) is 26.7 Å². The maximum absolute atomic E-state index is 12.6. The van der Waals surface area contributed by atoms with Crippen LogP contribution >= 0.6 is 0 Å². The molecule has 0 atom stereocenters. The van der Waals surface area contributed by atoms with Gasteiger partial charge in [-0.3, -0.25) is 4.79 Å². The van der Waals surface area contributed by atoms with Crippen LogP contribution in [0.1, 0.15) is 57.9 Å². The molecule has 1 aliphatic rings. The van der Waals surface area contributed by atoms with Gasteiger partial charge in [0.25, 0.3) is 0 Å². The summed E-state index contributed by atoms with van der Waals surface area (Å²) in [6, 6.07) is 16.7. The summed E-state index contributed by atoms with van der Waals surface area (Å²) in [5.74, 6) is 1.80. The monoisotopic (exact) mass is 570 g/mol. The lowest BCUT2D eigenvalue weighted by Crippen LogP contribution is -2.50. The fourth-order valence-corrected chi connectivity index (χ4v) is 4.88. The van der Waals surface area contributed by atoms with E-state index >= 15 is 0 Å². The lowest BCUT2D eigenvalue weighted by Gasteiger charge is -2.40. The number of carbonyl (C=O) groups excluding carboxylic acids is 2. The molecule has 2 aromatic heterocycles. The van der Waals surface area contributed by atoms with Crippen molar-refractivity contribution in [3.8, 4) is 23.2 Å². The number of likely N-dealkylation sites (tertiary alicyclic amines) is 1. The zero-order chi connectivity index (χ0) is 29.7. The summed E-state index contributed by atoms with van der Waals surface area (Å²) in [6.45, 7) is 7.37.